The minimum absolute atomic E-state index is 0.129. The summed E-state index contributed by atoms with van der Waals surface area (Å²) in [5, 5.41) is 0.129. The molecule has 1 aliphatic carbocycles. The lowest BCUT2D eigenvalue weighted by molar-refractivity contribution is 0.153. The van der Waals surface area contributed by atoms with E-state index in [2.05, 4.69) is 41.5 Å². The number of rotatable bonds is 9. The molecular formula is C19H40O2Si. The van der Waals surface area contributed by atoms with E-state index in [0.717, 1.165) is 5.92 Å². The lowest BCUT2D eigenvalue weighted by Crippen LogP contribution is -2.57. The van der Waals surface area contributed by atoms with Crippen LogP contribution in [0.15, 0.2) is 0 Å². The second-order valence-electron chi connectivity index (χ2n) is 8.27. The second kappa shape index (κ2) is 8.30. The van der Waals surface area contributed by atoms with E-state index in [4.69, 9.17) is 8.85 Å². The van der Waals surface area contributed by atoms with Gasteiger partial charge in [0.25, 0.3) is 0 Å². The van der Waals surface area contributed by atoms with Gasteiger partial charge in [0.05, 0.1) is 0 Å². The van der Waals surface area contributed by atoms with Crippen LogP contribution in [-0.4, -0.2) is 22.8 Å². The molecule has 0 aromatic carbocycles. The van der Waals surface area contributed by atoms with Gasteiger partial charge in [-0.2, -0.15) is 0 Å². The van der Waals surface area contributed by atoms with Gasteiger partial charge in [-0.25, -0.2) is 0 Å². The molecule has 0 radical (unpaired) electrons. The molecule has 22 heavy (non-hydrogen) atoms. The van der Waals surface area contributed by atoms with Gasteiger partial charge in [0.15, 0.2) is 0 Å². The topological polar surface area (TPSA) is 18.5 Å². The third kappa shape index (κ3) is 3.62. The highest BCUT2D eigenvalue weighted by atomic mass is 28.4. The van der Waals surface area contributed by atoms with Crippen LogP contribution < -0.4 is 0 Å². The molecular weight excluding hydrogens is 288 g/mol. The maximum atomic E-state index is 6.33. The van der Waals surface area contributed by atoms with Crippen molar-refractivity contribution in [3.05, 3.63) is 0 Å². The first kappa shape index (κ1) is 20.2. The first-order chi connectivity index (χ1) is 10.3. The fourth-order valence-electron chi connectivity index (χ4n) is 4.89. The summed E-state index contributed by atoms with van der Waals surface area (Å²) in [5.41, 5.74) is 0.658. The molecule has 0 spiro atoms. The number of hydrogen-bond acceptors (Lipinski definition) is 2. The Morgan fingerprint density at radius 1 is 1.09 bits per heavy atom. The van der Waals surface area contributed by atoms with E-state index in [1.807, 2.05) is 14.2 Å². The molecule has 1 aliphatic rings. The lowest BCUT2D eigenvalue weighted by atomic mass is 9.86. The molecule has 3 heteroatoms. The zero-order valence-electron chi connectivity index (χ0n) is 16.4. The van der Waals surface area contributed by atoms with Crippen LogP contribution in [0.3, 0.4) is 0 Å². The van der Waals surface area contributed by atoms with E-state index in [0.29, 0.717) is 17.4 Å². The van der Waals surface area contributed by atoms with Crippen LogP contribution in [0.1, 0.15) is 80.1 Å². The fraction of sp³-hybridized carbons (Fsp3) is 1.00. The highest BCUT2D eigenvalue weighted by Crippen LogP contribution is 2.58. The molecule has 1 fully saturated rings. The summed E-state index contributed by atoms with van der Waals surface area (Å²) in [4.78, 5) is 0. The quantitative estimate of drug-likeness (QED) is 0.472. The molecule has 3 atom stereocenters. The van der Waals surface area contributed by atoms with Crippen molar-refractivity contribution in [2.24, 2.45) is 17.8 Å². The smallest absolute Gasteiger partial charge is 0.347 e. The van der Waals surface area contributed by atoms with Crippen molar-refractivity contribution >= 4 is 8.56 Å². The van der Waals surface area contributed by atoms with Crippen molar-refractivity contribution < 1.29 is 8.85 Å². The average Bonchev–Trinajstić information content (AvgIpc) is 2.94. The van der Waals surface area contributed by atoms with Gasteiger partial charge >= 0.3 is 8.56 Å². The van der Waals surface area contributed by atoms with Gasteiger partial charge in [-0.05, 0) is 24.2 Å². The highest BCUT2D eigenvalue weighted by molar-refractivity contribution is 6.72. The van der Waals surface area contributed by atoms with E-state index in [-0.39, 0.29) is 5.04 Å². The molecule has 2 nitrogen and oxygen atoms in total. The standard InChI is InChI=1S/C19H40O2Si/c1-9-10-12-17-13-11-14-18(17)22(20-7,21-8)19(5,6)16(4)15(2)3/h15-18H,9-14H2,1-8H3. The zero-order valence-corrected chi connectivity index (χ0v) is 17.4. The Balaban J connectivity index is 3.13. The molecule has 1 saturated carbocycles. The van der Waals surface area contributed by atoms with Crippen LogP contribution >= 0.6 is 0 Å². The van der Waals surface area contributed by atoms with Crippen LogP contribution in [0.25, 0.3) is 0 Å². The summed E-state index contributed by atoms with van der Waals surface area (Å²) < 4.78 is 12.7. The zero-order chi connectivity index (χ0) is 17.0. The molecule has 0 amide bonds. The first-order valence-corrected chi connectivity index (χ1v) is 11.3. The van der Waals surface area contributed by atoms with Gasteiger partial charge in [-0.1, -0.05) is 73.6 Å². The number of unbranched alkanes of at least 4 members (excludes halogenated alkanes) is 1. The van der Waals surface area contributed by atoms with Crippen molar-refractivity contribution in [2.75, 3.05) is 14.2 Å². The predicted molar refractivity (Wildman–Crippen MR) is 98.4 cm³/mol. The van der Waals surface area contributed by atoms with Gasteiger partial charge in [0.1, 0.15) is 0 Å². The summed E-state index contributed by atoms with van der Waals surface area (Å²) in [6.07, 6.45) is 8.03. The maximum absolute atomic E-state index is 6.33. The Morgan fingerprint density at radius 2 is 1.68 bits per heavy atom. The monoisotopic (exact) mass is 328 g/mol. The van der Waals surface area contributed by atoms with Crippen LogP contribution in [0.2, 0.25) is 10.6 Å². The van der Waals surface area contributed by atoms with Crippen molar-refractivity contribution in [2.45, 2.75) is 90.6 Å². The van der Waals surface area contributed by atoms with Gasteiger partial charge < -0.3 is 8.85 Å². The molecule has 0 saturated heterocycles. The third-order valence-electron chi connectivity index (χ3n) is 6.72. The Bertz CT molecular complexity index is 323. The maximum Gasteiger partial charge on any atom is 0.347 e. The summed E-state index contributed by atoms with van der Waals surface area (Å²) >= 11 is 0. The van der Waals surface area contributed by atoms with Crippen molar-refractivity contribution in [3.63, 3.8) is 0 Å². The lowest BCUT2D eigenvalue weighted by Gasteiger charge is -2.50. The molecule has 0 N–H and O–H groups in total. The first-order valence-electron chi connectivity index (χ1n) is 9.38. The summed E-state index contributed by atoms with van der Waals surface area (Å²) in [5.74, 6) is 2.07. The predicted octanol–water partition coefficient (Wildman–Crippen LogP) is 6.15. The minimum atomic E-state index is -2.28. The number of hydrogen-bond donors (Lipinski definition) is 0. The van der Waals surface area contributed by atoms with Crippen LogP contribution in [0, 0.1) is 17.8 Å². The van der Waals surface area contributed by atoms with E-state index in [9.17, 15) is 0 Å². The van der Waals surface area contributed by atoms with E-state index < -0.39 is 8.56 Å². The van der Waals surface area contributed by atoms with Gasteiger partial charge in [0.2, 0.25) is 0 Å². The van der Waals surface area contributed by atoms with E-state index in [1.54, 1.807) is 0 Å². The Morgan fingerprint density at radius 3 is 2.14 bits per heavy atom. The molecule has 132 valence electrons. The Labute approximate surface area is 140 Å². The summed E-state index contributed by atoms with van der Waals surface area (Å²) in [6, 6.07) is 0. The largest absolute Gasteiger partial charge is 0.397 e. The Hall–Kier alpha value is 0.137. The fourth-order valence-corrected chi connectivity index (χ4v) is 10.2. The minimum Gasteiger partial charge on any atom is -0.397 e. The molecule has 1 rings (SSSR count). The molecule has 0 bridgehead atoms. The normalized spacial score (nSPS) is 25.0. The van der Waals surface area contributed by atoms with E-state index in [1.165, 1.54) is 38.5 Å². The molecule has 0 aliphatic heterocycles. The van der Waals surface area contributed by atoms with E-state index >= 15 is 0 Å². The van der Waals surface area contributed by atoms with Gasteiger partial charge in [-0.3, -0.25) is 0 Å². The van der Waals surface area contributed by atoms with Crippen LogP contribution in [-0.2, 0) is 8.85 Å². The Kier molecular flexibility index (Phi) is 7.61. The second-order valence-corrected chi connectivity index (χ2v) is 12.5. The summed E-state index contributed by atoms with van der Waals surface area (Å²) in [7, 11) is 1.56. The molecule has 0 aromatic heterocycles. The summed E-state index contributed by atoms with van der Waals surface area (Å²) in [6.45, 7) is 14.2. The third-order valence-corrected chi connectivity index (χ3v) is 11.9. The molecule has 0 aromatic rings. The van der Waals surface area contributed by atoms with Crippen LogP contribution in [0.5, 0.6) is 0 Å². The van der Waals surface area contributed by atoms with Crippen molar-refractivity contribution in [3.8, 4) is 0 Å². The molecule has 0 heterocycles. The SMILES string of the molecule is CCCCC1CCCC1[Si](OC)(OC)C(C)(C)C(C)C(C)C. The van der Waals surface area contributed by atoms with Gasteiger partial charge in [-0.15, -0.1) is 0 Å². The average molecular weight is 329 g/mol. The van der Waals surface area contributed by atoms with Crippen molar-refractivity contribution in [1.82, 2.24) is 0 Å². The van der Waals surface area contributed by atoms with Gasteiger partial charge in [0, 0.05) is 24.8 Å². The van der Waals surface area contributed by atoms with Crippen molar-refractivity contribution in [1.29, 1.82) is 0 Å². The highest BCUT2D eigenvalue weighted by Gasteiger charge is 2.61. The van der Waals surface area contributed by atoms with Crippen LogP contribution in [0.4, 0.5) is 0 Å². The molecule has 3 unspecified atom stereocenters.